The van der Waals surface area contributed by atoms with Crippen LogP contribution in [0.3, 0.4) is 0 Å². The lowest BCUT2D eigenvalue weighted by molar-refractivity contribution is -0.117. The van der Waals surface area contributed by atoms with E-state index in [1.54, 1.807) is 0 Å². The van der Waals surface area contributed by atoms with E-state index < -0.39 is 26.5 Å². The highest BCUT2D eigenvalue weighted by molar-refractivity contribution is 7.92. The van der Waals surface area contributed by atoms with Gasteiger partial charge in [0.05, 0.1) is 16.3 Å². The summed E-state index contributed by atoms with van der Waals surface area (Å²) in [6.45, 7) is 2.55. The third-order valence-corrected chi connectivity index (χ3v) is 5.29. The van der Waals surface area contributed by atoms with Gasteiger partial charge in [-0.2, -0.15) is 0 Å². The molecule has 0 atom stereocenters. The van der Waals surface area contributed by atoms with Crippen molar-refractivity contribution in [2.24, 2.45) is 0 Å². The first-order chi connectivity index (χ1) is 8.96. The summed E-state index contributed by atoms with van der Waals surface area (Å²) >= 11 is 5.85. The van der Waals surface area contributed by atoms with E-state index >= 15 is 0 Å². The highest BCUT2D eigenvalue weighted by Gasteiger charge is 2.38. The van der Waals surface area contributed by atoms with Crippen molar-refractivity contribution < 1.29 is 23.1 Å². The Morgan fingerprint density at radius 1 is 1.30 bits per heavy atom. The summed E-state index contributed by atoms with van der Waals surface area (Å²) in [5.74, 6) is -1.90. The SMILES string of the molecule is CC(C)(C(=O)Nc1ccc(C(=O)O)cc1Cl)S(C)(=O)=O. The van der Waals surface area contributed by atoms with Gasteiger partial charge in [-0.15, -0.1) is 0 Å². The third kappa shape index (κ3) is 3.29. The molecule has 110 valence electrons. The number of halogens is 1. The fourth-order valence-corrected chi connectivity index (χ4v) is 1.81. The topological polar surface area (TPSA) is 101 Å². The van der Waals surface area contributed by atoms with Crippen LogP contribution >= 0.6 is 11.6 Å². The molecule has 0 aliphatic heterocycles. The molecule has 0 bridgehead atoms. The van der Waals surface area contributed by atoms with Gasteiger partial charge in [-0.3, -0.25) is 4.79 Å². The quantitative estimate of drug-likeness (QED) is 0.881. The summed E-state index contributed by atoms with van der Waals surface area (Å²) in [6.07, 6.45) is 0.960. The van der Waals surface area contributed by atoms with Gasteiger partial charge in [0.1, 0.15) is 4.75 Å². The van der Waals surface area contributed by atoms with Gasteiger partial charge in [-0.05, 0) is 32.0 Å². The van der Waals surface area contributed by atoms with Crippen molar-refractivity contribution in [3.63, 3.8) is 0 Å². The van der Waals surface area contributed by atoms with Crippen LogP contribution in [0.4, 0.5) is 5.69 Å². The predicted molar refractivity (Wildman–Crippen MR) is 76.0 cm³/mol. The van der Waals surface area contributed by atoms with Crippen molar-refractivity contribution in [2.75, 3.05) is 11.6 Å². The Hall–Kier alpha value is -1.60. The van der Waals surface area contributed by atoms with Crippen LogP contribution in [0.5, 0.6) is 0 Å². The van der Waals surface area contributed by atoms with Crippen LogP contribution in [0.25, 0.3) is 0 Å². The second-order valence-corrected chi connectivity index (χ2v) is 7.71. The van der Waals surface area contributed by atoms with Gasteiger partial charge in [0.25, 0.3) is 0 Å². The Bertz CT molecular complexity index is 666. The second-order valence-electron chi connectivity index (χ2n) is 4.74. The van der Waals surface area contributed by atoms with Gasteiger partial charge in [-0.25, -0.2) is 13.2 Å². The van der Waals surface area contributed by atoms with Crippen LogP contribution in [-0.4, -0.2) is 36.4 Å². The highest BCUT2D eigenvalue weighted by Crippen LogP contribution is 2.25. The molecule has 0 aliphatic rings. The zero-order valence-corrected chi connectivity index (χ0v) is 12.7. The van der Waals surface area contributed by atoms with Crippen LogP contribution in [-0.2, 0) is 14.6 Å². The number of carbonyl (C=O) groups is 2. The molecule has 0 aromatic heterocycles. The number of aromatic carboxylic acids is 1. The van der Waals surface area contributed by atoms with Gasteiger partial charge < -0.3 is 10.4 Å². The van der Waals surface area contributed by atoms with Crippen LogP contribution in [0.2, 0.25) is 5.02 Å². The lowest BCUT2D eigenvalue weighted by atomic mass is 10.1. The molecule has 8 heteroatoms. The average molecular weight is 320 g/mol. The molecule has 0 saturated carbocycles. The minimum Gasteiger partial charge on any atom is -0.478 e. The first-order valence-corrected chi connectivity index (χ1v) is 7.77. The Morgan fingerprint density at radius 3 is 2.25 bits per heavy atom. The van der Waals surface area contributed by atoms with Crippen molar-refractivity contribution in [3.05, 3.63) is 28.8 Å². The molecule has 0 saturated heterocycles. The number of amides is 1. The fourth-order valence-electron chi connectivity index (χ4n) is 1.19. The molecule has 0 radical (unpaired) electrons. The van der Waals surface area contributed by atoms with E-state index in [1.165, 1.54) is 32.0 Å². The predicted octanol–water partition coefficient (Wildman–Crippen LogP) is 1.80. The molecule has 2 N–H and O–H groups in total. The van der Waals surface area contributed by atoms with E-state index in [0.717, 1.165) is 6.26 Å². The van der Waals surface area contributed by atoms with E-state index in [-0.39, 0.29) is 16.3 Å². The summed E-state index contributed by atoms with van der Waals surface area (Å²) < 4.78 is 21.5. The molecule has 20 heavy (non-hydrogen) atoms. The molecule has 0 spiro atoms. The monoisotopic (exact) mass is 319 g/mol. The number of carboxylic acids is 1. The standard InChI is InChI=1S/C12H14ClNO5S/c1-12(2,20(3,18)19)11(17)14-9-5-4-7(10(15)16)6-8(9)13/h4-6H,1-3H3,(H,14,17)(H,15,16). The maximum absolute atomic E-state index is 12.0. The summed E-state index contributed by atoms with van der Waals surface area (Å²) in [7, 11) is -3.61. The summed E-state index contributed by atoms with van der Waals surface area (Å²) in [5.41, 5.74) is 0.119. The smallest absolute Gasteiger partial charge is 0.335 e. The molecule has 0 heterocycles. The number of nitrogens with one attached hydrogen (secondary N) is 1. The van der Waals surface area contributed by atoms with Gasteiger partial charge in [0.2, 0.25) is 5.91 Å². The number of hydrogen-bond acceptors (Lipinski definition) is 4. The summed E-state index contributed by atoms with van der Waals surface area (Å²) in [6, 6.07) is 3.74. The van der Waals surface area contributed by atoms with Gasteiger partial charge >= 0.3 is 5.97 Å². The maximum Gasteiger partial charge on any atom is 0.335 e. The largest absolute Gasteiger partial charge is 0.478 e. The first kappa shape index (κ1) is 16.5. The summed E-state index contributed by atoms with van der Waals surface area (Å²) in [4.78, 5) is 22.7. The van der Waals surface area contributed by atoms with Crippen LogP contribution in [0.1, 0.15) is 24.2 Å². The van der Waals surface area contributed by atoms with Gasteiger partial charge in [-0.1, -0.05) is 11.6 Å². The molecule has 1 aromatic rings. The van der Waals surface area contributed by atoms with Crippen LogP contribution < -0.4 is 5.32 Å². The molecule has 0 unspecified atom stereocenters. The third-order valence-electron chi connectivity index (χ3n) is 2.94. The molecule has 6 nitrogen and oxygen atoms in total. The minimum absolute atomic E-state index is 0.0163. The Labute approximate surface area is 121 Å². The van der Waals surface area contributed by atoms with Gasteiger partial charge in [0.15, 0.2) is 9.84 Å². The van der Waals surface area contributed by atoms with Crippen LogP contribution in [0.15, 0.2) is 18.2 Å². The molecular weight excluding hydrogens is 306 g/mol. The van der Waals surface area contributed by atoms with Crippen molar-refractivity contribution in [1.29, 1.82) is 0 Å². The van der Waals surface area contributed by atoms with Crippen molar-refractivity contribution >= 4 is 39.0 Å². The molecule has 1 amide bonds. The molecule has 1 aromatic carbocycles. The van der Waals surface area contributed by atoms with Gasteiger partial charge in [0, 0.05) is 6.26 Å². The van der Waals surface area contributed by atoms with Crippen molar-refractivity contribution in [2.45, 2.75) is 18.6 Å². The number of anilines is 1. The minimum atomic E-state index is -3.61. The Kier molecular flexibility index (Phi) is 4.45. The second kappa shape index (κ2) is 5.41. The van der Waals surface area contributed by atoms with E-state index in [9.17, 15) is 18.0 Å². The van der Waals surface area contributed by atoms with E-state index in [4.69, 9.17) is 16.7 Å². The molecular formula is C12H14ClNO5S. The number of carboxylic acid groups (broad SMARTS) is 1. The average Bonchev–Trinajstić information content (AvgIpc) is 2.29. The van der Waals surface area contributed by atoms with E-state index in [0.29, 0.717) is 0 Å². The van der Waals surface area contributed by atoms with E-state index in [2.05, 4.69) is 5.32 Å². The number of benzene rings is 1. The number of carbonyl (C=O) groups excluding carboxylic acids is 1. The normalized spacial score (nSPS) is 12.0. The molecule has 0 fully saturated rings. The number of rotatable bonds is 4. The lowest BCUT2D eigenvalue weighted by Gasteiger charge is -2.21. The fraction of sp³-hybridized carbons (Fsp3) is 0.333. The maximum atomic E-state index is 12.0. The Morgan fingerprint density at radius 2 is 1.85 bits per heavy atom. The molecule has 1 rings (SSSR count). The first-order valence-electron chi connectivity index (χ1n) is 5.50. The number of sulfone groups is 1. The Balaban J connectivity index is 3.06. The lowest BCUT2D eigenvalue weighted by Crippen LogP contribution is -2.43. The van der Waals surface area contributed by atoms with Crippen LogP contribution in [0, 0.1) is 0 Å². The molecule has 0 aliphatic carbocycles. The van der Waals surface area contributed by atoms with Crippen molar-refractivity contribution in [3.8, 4) is 0 Å². The van der Waals surface area contributed by atoms with E-state index in [1.807, 2.05) is 0 Å². The zero-order valence-electron chi connectivity index (χ0n) is 11.1. The number of hydrogen-bond donors (Lipinski definition) is 2. The van der Waals surface area contributed by atoms with Crippen molar-refractivity contribution in [1.82, 2.24) is 0 Å². The highest BCUT2D eigenvalue weighted by atomic mass is 35.5. The summed E-state index contributed by atoms with van der Waals surface area (Å²) in [5, 5.41) is 11.2. The zero-order chi connectivity index (χ0) is 15.7.